The molecule has 0 saturated carbocycles. The van der Waals surface area contributed by atoms with Crippen LogP contribution in [-0.4, -0.2) is 17.2 Å². The van der Waals surface area contributed by atoms with Crippen LogP contribution in [0.2, 0.25) is 0 Å². The average Bonchev–Trinajstić information content (AvgIpc) is 3.09. The lowest BCUT2D eigenvalue weighted by Gasteiger charge is -2.39. The highest BCUT2D eigenvalue weighted by atomic mass is 32.1. The summed E-state index contributed by atoms with van der Waals surface area (Å²) in [5.41, 5.74) is 3.80. The van der Waals surface area contributed by atoms with Gasteiger partial charge in [-0.1, -0.05) is 36.4 Å². The third kappa shape index (κ3) is 2.42. The van der Waals surface area contributed by atoms with Crippen LogP contribution in [0.25, 0.3) is 0 Å². The van der Waals surface area contributed by atoms with Crippen LogP contribution in [0.1, 0.15) is 35.9 Å². The summed E-state index contributed by atoms with van der Waals surface area (Å²) in [6.45, 7) is 1.12. The number of aliphatic imine (C=N–C) groups is 1. The molecule has 1 saturated heterocycles. The fourth-order valence-corrected chi connectivity index (χ4v) is 3.90. The normalized spacial score (nSPS) is 21.5. The average molecular weight is 294 g/mol. The lowest BCUT2D eigenvalue weighted by molar-refractivity contribution is 0.222. The van der Waals surface area contributed by atoms with Gasteiger partial charge in [0.2, 0.25) is 0 Å². The Balaban J connectivity index is 1.78. The van der Waals surface area contributed by atoms with Gasteiger partial charge in [0.05, 0.1) is 5.71 Å². The molecule has 1 fully saturated rings. The SMILES string of the molecule is C1=C2CCCCN2C(c2cccs2)N=C1c1ccccc1. The van der Waals surface area contributed by atoms with Gasteiger partial charge in [-0.2, -0.15) is 0 Å². The van der Waals surface area contributed by atoms with Crippen molar-refractivity contribution in [1.82, 2.24) is 4.90 Å². The summed E-state index contributed by atoms with van der Waals surface area (Å²) in [5, 5.41) is 2.15. The van der Waals surface area contributed by atoms with Crippen molar-refractivity contribution < 1.29 is 0 Å². The molecule has 21 heavy (non-hydrogen) atoms. The van der Waals surface area contributed by atoms with E-state index < -0.39 is 0 Å². The van der Waals surface area contributed by atoms with Crippen LogP contribution in [0.3, 0.4) is 0 Å². The molecule has 2 aromatic rings. The highest BCUT2D eigenvalue weighted by Crippen LogP contribution is 2.37. The second-order valence-electron chi connectivity index (χ2n) is 5.56. The largest absolute Gasteiger partial charge is 0.349 e. The summed E-state index contributed by atoms with van der Waals surface area (Å²) in [6, 6.07) is 14.9. The molecule has 0 amide bonds. The van der Waals surface area contributed by atoms with E-state index in [2.05, 4.69) is 58.8 Å². The summed E-state index contributed by atoms with van der Waals surface area (Å²) in [5.74, 6) is 0. The number of benzene rings is 1. The third-order valence-electron chi connectivity index (χ3n) is 4.18. The fraction of sp³-hybridized carbons (Fsp3) is 0.278. The lowest BCUT2D eigenvalue weighted by atomic mass is 10.00. The van der Waals surface area contributed by atoms with Crippen molar-refractivity contribution in [2.24, 2.45) is 4.99 Å². The maximum absolute atomic E-state index is 5.06. The Hall–Kier alpha value is -1.87. The molecular formula is C18H18N2S. The number of rotatable bonds is 2. The molecule has 106 valence electrons. The minimum Gasteiger partial charge on any atom is -0.349 e. The van der Waals surface area contributed by atoms with Crippen LogP contribution >= 0.6 is 11.3 Å². The van der Waals surface area contributed by atoms with E-state index in [1.165, 1.54) is 35.4 Å². The second-order valence-corrected chi connectivity index (χ2v) is 6.53. The van der Waals surface area contributed by atoms with Crippen molar-refractivity contribution in [2.45, 2.75) is 25.4 Å². The molecule has 0 bridgehead atoms. The number of nitrogens with zero attached hydrogens (tertiary/aromatic N) is 2. The Morgan fingerprint density at radius 1 is 1.05 bits per heavy atom. The molecule has 1 unspecified atom stereocenters. The van der Waals surface area contributed by atoms with E-state index in [1.54, 1.807) is 11.3 Å². The number of piperidine rings is 1. The summed E-state index contributed by atoms with van der Waals surface area (Å²) in [4.78, 5) is 8.89. The molecule has 2 aliphatic rings. The predicted octanol–water partition coefficient (Wildman–Crippen LogP) is 4.62. The van der Waals surface area contributed by atoms with Gasteiger partial charge in [-0.05, 0) is 42.3 Å². The molecule has 1 aromatic carbocycles. The van der Waals surface area contributed by atoms with Gasteiger partial charge in [-0.25, -0.2) is 0 Å². The van der Waals surface area contributed by atoms with Gasteiger partial charge >= 0.3 is 0 Å². The summed E-state index contributed by atoms with van der Waals surface area (Å²) in [6.07, 6.45) is 6.20. The van der Waals surface area contributed by atoms with E-state index in [0.717, 1.165) is 12.3 Å². The molecule has 0 radical (unpaired) electrons. The van der Waals surface area contributed by atoms with Crippen LogP contribution < -0.4 is 0 Å². The van der Waals surface area contributed by atoms with Crippen LogP contribution in [0.4, 0.5) is 0 Å². The molecule has 2 nitrogen and oxygen atoms in total. The maximum atomic E-state index is 5.06. The molecule has 0 spiro atoms. The van der Waals surface area contributed by atoms with Crippen LogP contribution in [0.15, 0.2) is 64.6 Å². The molecule has 0 N–H and O–H groups in total. The summed E-state index contributed by atoms with van der Waals surface area (Å²) in [7, 11) is 0. The standard InChI is InChI=1S/C18H18N2S/c1-2-7-14(8-3-1)16-13-15-9-4-5-11-20(15)18(19-16)17-10-6-12-21-17/h1-3,6-8,10,12-13,18H,4-5,9,11H2. The van der Waals surface area contributed by atoms with Gasteiger partial charge < -0.3 is 4.90 Å². The van der Waals surface area contributed by atoms with Gasteiger partial charge in [0.25, 0.3) is 0 Å². The smallest absolute Gasteiger partial charge is 0.156 e. The number of hydrogen-bond acceptors (Lipinski definition) is 3. The van der Waals surface area contributed by atoms with Crippen molar-refractivity contribution in [3.63, 3.8) is 0 Å². The van der Waals surface area contributed by atoms with Gasteiger partial charge in [-0.3, -0.25) is 4.99 Å². The predicted molar refractivity (Wildman–Crippen MR) is 88.7 cm³/mol. The van der Waals surface area contributed by atoms with E-state index >= 15 is 0 Å². The zero-order valence-electron chi connectivity index (χ0n) is 11.9. The Morgan fingerprint density at radius 2 is 1.95 bits per heavy atom. The Morgan fingerprint density at radius 3 is 2.76 bits per heavy atom. The number of hydrogen-bond donors (Lipinski definition) is 0. The lowest BCUT2D eigenvalue weighted by Crippen LogP contribution is -2.34. The Bertz CT molecular complexity index is 671. The van der Waals surface area contributed by atoms with Gasteiger partial charge in [0.1, 0.15) is 0 Å². The maximum Gasteiger partial charge on any atom is 0.156 e. The molecule has 3 heteroatoms. The molecule has 1 aromatic heterocycles. The first-order valence-corrected chi connectivity index (χ1v) is 8.43. The molecule has 4 rings (SSSR count). The van der Waals surface area contributed by atoms with E-state index in [4.69, 9.17) is 4.99 Å². The minimum atomic E-state index is 0.167. The van der Waals surface area contributed by atoms with Crippen molar-refractivity contribution >= 4 is 17.0 Å². The van der Waals surface area contributed by atoms with Crippen LogP contribution in [0, 0.1) is 0 Å². The van der Waals surface area contributed by atoms with E-state index in [0.29, 0.717) is 0 Å². The molecular weight excluding hydrogens is 276 g/mol. The van der Waals surface area contributed by atoms with E-state index in [9.17, 15) is 0 Å². The van der Waals surface area contributed by atoms with Crippen molar-refractivity contribution in [3.05, 3.63) is 70.1 Å². The van der Waals surface area contributed by atoms with Gasteiger partial charge in [-0.15, -0.1) is 11.3 Å². The van der Waals surface area contributed by atoms with E-state index in [-0.39, 0.29) is 6.17 Å². The van der Waals surface area contributed by atoms with Crippen molar-refractivity contribution in [1.29, 1.82) is 0 Å². The quantitative estimate of drug-likeness (QED) is 0.789. The molecule has 2 aliphatic heterocycles. The zero-order chi connectivity index (χ0) is 14.1. The topological polar surface area (TPSA) is 15.6 Å². The molecule has 0 aliphatic carbocycles. The third-order valence-corrected chi connectivity index (χ3v) is 5.09. The van der Waals surface area contributed by atoms with Crippen molar-refractivity contribution in [3.8, 4) is 0 Å². The fourth-order valence-electron chi connectivity index (χ4n) is 3.13. The number of thiophene rings is 1. The summed E-state index contributed by atoms with van der Waals surface area (Å²) < 4.78 is 0. The van der Waals surface area contributed by atoms with E-state index in [1.807, 2.05) is 0 Å². The Kier molecular flexibility index (Phi) is 3.36. The van der Waals surface area contributed by atoms with Crippen molar-refractivity contribution in [2.75, 3.05) is 6.54 Å². The first-order valence-electron chi connectivity index (χ1n) is 7.56. The minimum absolute atomic E-state index is 0.167. The number of allylic oxidation sites excluding steroid dienone is 2. The Labute approximate surface area is 129 Å². The first kappa shape index (κ1) is 12.8. The highest BCUT2D eigenvalue weighted by molar-refractivity contribution is 7.10. The van der Waals surface area contributed by atoms with Gasteiger partial charge in [0.15, 0.2) is 6.17 Å². The molecule has 3 heterocycles. The molecule has 1 atom stereocenters. The first-order chi connectivity index (χ1) is 10.4. The van der Waals surface area contributed by atoms with Crippen LogP contribution in [0.5, 0.6) is 0 Å². The number of fused-ring (bicyclic) bond motifs is 1. The van der Waals surface area contributed by atoms with Crippen LogP contribution in [-0.2, 0) is 0 Å². The summed E-state index contributed by atoms with van der Waals surface area (Å²) >= 11 is 1.81. The monoisotopic (exact) mass is 294 g/mol. The second kappa shape index (κ2) is 5.49. The highest BCUT2D eigenvalue weighted by Gasteiger charge is 2.28. The zero-order valence-corrected chi connectivity index (χ0v) is 12.7. The van der Waals surface area contributed by atoms with Gasteiger partial charge in [0, 0.05) is 17.1 Å².